The van der Waals surface area contributed by atoms with Gasteiger partial charge >= 0.3 is 11.9 Å². The fourth-order valence-corrected chi connectivity index (χ4v) is 7.93. The van der Waals surface area contributed by atoms with Crippen LogP contribution in [-0.2, 0) is 27.2 Å². The van der Waals surface area contributed by atoms with Crippen LogP contribution >= 0.6 is 11.8 Å². The maximum Gasteiger partial charge on any atom is 0.303 e. The number of hydrogen-bond donors (Lipinski definition) is 7. The fourth-order valence-electron chi connectivity index (χ4n) is 7.13. The number of H-pyrrole nitrogens is 1. The third kappa shape index (κ3) is 6.43. The van der Waals surface area contributed by atoms with E-state index in [-0.39, 0.29) is 48.7 Å². The molecule has 1 saturated heterocycles. The summed E-state index contributed by atoms with van der Waals surface area (Å²) in [7, 11) is 0. The number of thioether (sulfide) groups is 1. The number of carboxylic acids is 2. The molecule has 0 bridgehead atoms. The second-order valence-electron chi connectivity index (χ2n) is 12.5. The summed E-state index contributed by atoms with van der Waals surface area (Å²) >= 11 is 1.84. The molecule has 4 aliphatic rings. The second kappa shape index (κ2) is 12.8. The van der Waals surface area contributed by atoms with E-state index < -0.39 is 11.9 Å². The molecule has 5 atom stereocenters. The van der Waals surface area contributed by atoms with E-state index in [0.29, 0.717) is 30.9 Å². The number of carbonyl (C=O) groups is 3. The van der Waals surface area contributed by atoms with Crippen LogP contribution in [0.15, 0.2) is 39.4 Å². The minimum absolute atomic E-state index is 0.00524. The van der Waals surface area contributed by atoms with Crippen molar-refractivity contribution in [3.8, 4) is 0 Å². The van der Waals surface area contributed by atoms with Gasteiger partial charge in [0.25, 0.3) is 0 Å². The van der Waals surface area contributed by atoms with Crippen molar-refractivity contribution in [2.75, 3.05) is 5.75 Å². The van der Waals surface area contributed by atoms with Gasteiger partial charge in [0.2, 0.25) is 5.91 Å². The number of amides is 1. The van der Waals surface area contributed by atoms with Crippen LogP contribution in [0.1, 0.15) is 82.3 Å². The lowest BCUT2D eigenvalue weighted by Gasteiger charge is -2.23. The lowest BCUT2D eigenvalue weighted by Crippen LogP contribution is -2.36. The fraction of sp³-hybridized carbons (Fsp3) is 0.545. The van der Waals surface area contributed by atoms with Crippen LogP contribution in [0.4, 0.5) is 0 Å². The molecular formula is C33H44N4O6S. The minimum Gasteiger partial charge on any atom is -0.495 e. The molecule has 0 radical (unpaired) electrons. The number of carboxylic acid groups (broad SMARTS) is 2. The monoisotopic (exact) mass is 624 g/mol. The smallest absolute Gasteiger partial charge is 0.303 e. The predicted octanol–water partition coefficient (Wildman–Crippen LogP) is 4.48. The van der Waals surface area contributed by atoms with Gasteiger partial charge < -0.3 is 36.3 Å². The van der Waals surface area contributed by atoms with Crippen molar-refractivity contribution in [2.45, 2.75) is 103 Å². The number of hydrogen-bond acceptors (Lipinski definition) is 7. The van der Waals surface area contributed by atoms with Crippen molar-refractivity contribution >= 4 is 35.7 Å². The molecule has 2 unspecified atom stereocenters. The molecule has 5 heterocycles. The maximum absolute atomic E-state index is 12.5. The van der Waals surface area contributed by atoms with E-state index in [1.165, 1.54) is 0 Å². The molecule has 44 heavy (non-hydrogen) atoms. The SMILES string of the molecule is CCC1=C(O)N[C@H](CC2N/C(=C\c3[nH]c(C[C@@H]4NC(=O)C(C)=C4[C@@H]4CS4)c(C)c3CCC(=O)O)C(CCC(=O)O)=C2C)C1C. The lowest BCUT2D eigenvalue weighted by molar-refractivity contribution is -0.138. The number of rotatable bonds is 13. The quantitative estimate of drug-likeness (QED) is 0.157. The van der Waals surface area contributed by atoms with Crippen molar-refractivity contribution in [3.05, 3.63) is 62.0 Å². The molecule has 7 N–H and O–H groups in total. The summed E-state index contributed by atoms with van der Waals surface area (Å²) in [5.74, 6) is -0.317. The third-order valence-electron chi connectivity index (χ3n) is 9.83. The lowest BCUT2D eigenvalue weighted by atomic mass is 9.89. The van der Waals surface area contributed by atoms with Gasteiger partial charge in [-0.3, -0.25) is 14.4 Å². The van der Waals surface area contributed by atoms with Crippen molar-refractivity contribution < 1.29 is 29.7 Å². The highest BCUT2D eigenvalue weighted by atomic mass is 32.2. The Hall–Kier alpha value is -3.60. The molecular weight excluding hydrogens is 580 g/mol. The van der Waals surface area contributed by atoms with Crippen molar-refractivity contribution in [3.63, 3.8) is 0 Å². The summed E-state index contributed by atoms with van der Waals surface area (Å²) in [4.78, 5) is 39.3. The van der Waals surface area contributed by atoms with E-state index >= 15 is 0 Å². The van der Waals surface area contributed by atoms with E-state index in [2.05, 4.69) is 27.9 Å². The summed E-state index contributed by atoms with van der Waals surface area (Å²) in [5, 5.41) is 39.8. The molecule has 1 fully saturated rings. The van der Waals surface area contributed by atoms with Crippen molar-refractivity contribution in [1.82, 2.24) is 20.9 Å². The molecule has 0 spiro atoms. The number of aromatic amines is 1. The number of aromatic nitrogens is 1. The van der Waals surface area contributed by atoms with E-state index in [1.54, 1.807) is 0 Å². The van der Waals surface area contributed by atoms with E-state index in [1.807, 2.05) is 45.5 Å². The highest BCUT2D eigenvalue weighted by Crippen LogP contribution is 2.42. The first-order valence-electron chi connectivity index (χ1n) is 15.5. The van der Waals surface area contributed by atoms with Crippen molar-refractivity contribution in [2.24, 2.45) is 5.92 Å². The molecule has 0 saturated carbocycles. The largest absolute Gasteiger partial charge is 0.495 e. The normalized spacial score (nSPS) is 27.3. The highest BCUT2D eigenvalue weighted by Gasteiger charge is 2.40. The minimum atomic E-state index is -0.876. The number of aliphatic hydroxyl groups excluding tert-OH is 1. The van der Waals surface area contributed by atoms with Crippen LogP contribution in [0.5, 0.6) is 0 Å². The summed E-state index contributed by atoms with van der Waals surface area (Å²) in [5.41, 5.74) is 9.49. The number of aliphatic carboxylic acids is 2. The Kier molecular flexibility index (Phi) is 9.25. The standard InChI is InChI=1S/C33H44N4O6S/c1-6-19-15(2)24(36-33(19)43)11-22-16(3)20(7-9-29(38)39)25(34-22)13-26-21(8-10-30(40)41)17(4)23(35-26)12-27-31(28-14-44-28)18(5)32(42)37-27/h13,15,22,24,27-28,34-36,43H,6-12,14H2,1-5H3,(H,37,42)(H,38,39)(H,40,41)/b25-13-/t15?,22?,24-,27+,28+/m1/s1. The molecule has 5 rings (SSSR count). The molecule has 0 aliphatic carbocycles. The Morgan fingerprint density at radius 3 is 2.32 bits per heavy atom. The van der Waals surface area contributed by atoms with Gasteiger partial charge in [-0.15, -0.1) is 0 Å². The van der Waals surface area contributed by atoms with Gasteiger partial charge in [0.1, 0.15) is 0 Å². The van der Waals surface area contributed by atoms with Gasteiger partial charge in [0.15, 0.2) is 5.88 Å². The predicted molar refractivity (Wildman–Crippen MR) is 171 cm³/mol. The molecule has 1 aromatic heterocycles. The summed E-state index contributed by atoms with van der Waals surface area (Å²) in [6.07, 6.45) is 4.76. The third-order valence-corrected chi connectivity index (χ3v) is 10.7. The summed E-state index contributed by atoms with van der Waals surface area (Å²) < 4.78 is 0. The van der Waals surface area contributed by atoms with Gasteiger partial charge in [-0.25, -0.2) is 0 Å². The molecule has 238 valence electrons. The second-order valence-corrected chi connectivity index (χ2v) is 13.7. The Morgan fingerprint density at radius 2 is 1.70 bits per heavy atom. The molecule has 1 amide bonds. The van der Waals surface area contributed by atoms with Crippen LogP contribution in [0, 0.1) is 12.8 Å². The first-order chi connectivity index (χ1) is 20.9. The maximum atomic E-state index is 12.5. The van der Waals surface area contributed by atoms with Crippen LogP contribution in [0.25, 0.3) is 6.08 Å². The van der Waals surface area contributed by atoms with E-state index in [0.717, 1.165) is 68.3 Å². The molecule has 4 aliphatic heterocycles. The summed E-state index contributed by atoms with van der Waals surface area (Å²) in [6, 6.07) is -0.110. The zero-order valence-corrected chi connectivity index (χ0v) is 26.9. The first kappa shape index (κ1) is 31.8. The van der Waals surface area contributed by atoms with Crippen LogP contribution in [0.3, 0.4) is 0 Å². The number of carbonyl (C=O) groups excluding carboxylic acids is 1. The van der Waals surface area contributed by atoms with Crippen LogP contribution < -0.4 is 16.0 Å². The van der Waals surface area contributed by atoms with Gasteiger partial charge in [0.05, 0.1) is 6.04 Å². The molecule has 11 heteroatoms. The Labute approximate surface area is 262 Å². The number of aliphatic hydroxyl groups is 1. The topological polar surface area (TPSA) is 164 Å². The van der Waals surface area contributed by atoms with E-state index in [4.69, 9.17) is 0 Å². The first-order valence-corrected chi connectivity index (χ1v) is 16.6. The average molecular weight is 625 g/mol. The van der Waals surface area contributed by atoms with Gasteiger partial charge in [-0.2, -0.15) is 11.8 Å². The Morgan fingerprint density at radius 1 is 1.02 bits per heavy atom. The van der Waals surface area contributed by atoms with E-state index in [9.17, 15) is 29.7 Å². The van der Waals surface area contributed by atoms with Gasteiger partial charge in [-0.05, 0) is 85.9 Å². The Bertz CT molecular complexity index is 1500. The van der Waals surface area contributed by atoms with Gasteiger partial charge in [0, 0.05) is 70.9 Å². The molecule has 1 aromatic rings. The number of nitrogens with one attached hydrogen (secondary N) is 4. The Balaban J connectivity index is 1.46. The summed E-state index contributed by atoms with van der Waals surface area (Å²) in [6.45, 7) is 10.1. The van der Waals surface area contributed by atoms with Gasteiger partial charge in [-0.1, -0.05) is 13.8 Å². The zero-order chi connectivity index (χ0) is 31.9. The zero-order valence-electron chi connectivity index (χ0n) is 26.1. The molecule has 10 nitrogen and oxygen atoms in total. The van der Waals surface area contributed by atoms with Crippen molar-refractivity contribution in [1.29, 1.82) is 0 Å². The highest BCUT2D eigenvalue weighted by molar-refractivity contribution is 8.07. The number of allylic oxidation sites excluding steroid dienone is 1. The average Bonchev–Trinajstić information content (AvgIpc) is 3.53. The molecule has 0 aromatic carbocycles. The van der Waals surface area contributed by atoms with Crippen LogP contribution in [-0.4, -0.2) is 67.3 Å². The van der Waals surface area contributed by atoms with Crippen LogP contribution in [0.2, 0.25) is 0 Å².